The molecule has 0 heterocycles. The summed E-state index contributed by atoms with van der Waals surface area (Å²) < 4.78 is 0. The predicted molar refractivity (Wildman–Crippen MR) is 71.5 cm³/mol. The minimum Gasteiger partial charge on any atom is -0.393 e. The van der Waals surface area contributed by atoms with Crippen molar-refractivity contribution in [3.8, 4) is 0 Å². The third-order valence-electron chi connectivity index (χ3n) is 3.67. The lowest BCUT2D eigenvalue weighted by Crippen LogP contribution is -2.36. The maximum Gasteiger partial charge on any atom is 0.251 e. The van der Waals surface area contributed by atoms with Crippen LogP contribution in [-0.4, -0.2) is 23.7 Å². The first-order valence-electron chi connectivity index (χ1n) is 6.70. The van der Waals surface area contributed by atoms with Gasteiger partial charge in [-0.25, -0.2) is 0 Å². The molecule has 3 nitrogen and oxygen atoms in total. The molecule has 0 radical (unpaired) electrons. The summed E-state index contributed by atoms with van der Waals surface area (Å²) in [5, 5.41) is 12.8. The average Bonchev–Trinajstić information content (AvgIpc) is 2.37. The van der Waals surface area contributed by atoms with Crippen molar-refractivity contribution < 1.29 is 9.90 Å². The molecule has 1 aliphatic rings. The fraction of sp³-hybridized carbons (Fsp3) is 0.533. The molecule has 1 amide bonds. The van der Waals surface area contributed by atoms with Gasteiger partial charge in [0.1, 0.15) is 0 Å². The van der Waals surface area contributed by atoms with Crippen LogP contribution in [0.3, 0.4) is 0 Å². The fourth-order valence-corrected chi connectivity index (χ4v) is 2.54. The van der Waals surface area contributed by atoms with Crippen molar-refractivity contribution in [3.63, 3.8) is 0 Å². The standard InChI is InChI=1S/C15H21NO2/c1-11-5-4-7-12(9-11)15(18)16-10-13-6-2-3-8-14(13)17/h4-5,7,9,13-14,17H,2-3,6,8,10H2,1H3,(H,16,18). The Morgan fingerprint density at radius 1 is 1.39 bits per heavy atom. The van der Waals surface area contributed by atoms with Gasteiger partial charge in [-0.05, 0) is 31.9 Å². The predicted octanol–water partition coefficient (Wildman–Crippen LogP) is 2.28. The number of carbonyl (C=O) groups is 1. The quantitative estimate of drug-likeness (QED) is 0.861. The van der Waals surface area contributed by atoms with Gasteiger partial charge < -0.3 is 10.4 Å². The summed E-state index contributed by atoms with van der Waals surface area (Å²) in [6.45, 7) is 2.55. The molecule has 0 spiro atoms. The molecule has 1 aromatic carbocycles. The van der Waals surface area contributed by atoms with Crippen LogP contribution in [-0.2, 0) is 0 Å². The summed E-state index contributed by atoms with van der Waals surface area (Å²) >= 11 is 0. The Morgan fingerprint density at radius 3 is 2.89 bits per heavy atom. The van der Waals surface area contributed by atoms with Gasteiger partial charge in [-0.1, -0.05) is 30.5 Å². The summed E-state index contributed by atoms with van der Waals surface area (Å²) in [4.78, 5) is 12.0. The SMILES string of the molecule is Cc1cccc(C(=O)NCC2CCCCC2O)c1. The number of aliphatic hydroxyl groups is 1. The van der Waals surface area contributed by atoms with Crippen LogP contribution in [0, 0.1) is 12.8 Å². The van der Waals surface area contributed by atoms with Gasteiger partial charge in [0, 0.05) is 18.0 Å². The van der Waals surface area contributed by atoms with E-state index >= 15 is 0 Å². The van der Waals surface area contributed by atoms with E-state index in [0.29, 0.717) is 12.1 Å². The van der Waals surface area contributed by atoms with Crippen molar-refractivity contribution in [1.82, 2.24) is 5.32 Å². The lowest BCUT2D eigenvalue weighted by atomic mass is 9.86. The molecule has 0 aliphatic heterocycles. The lowest BCUT2D eigenvalue weighted by molar-refractivity contribution is 0.0663. The van der Waals surface area contributed by atoms with Gasteiger partial charge in [0.25, 0.3) is 5.91 Å². The van der Waals surface area contributed by atoms with Gasteiger partial charge in [0.05, 0.1) is 6.10 Å². The molecule has 0 bridgehead atoms. The Hall–Kier alpha value is -1.35. The second kappa shape index (κ2) is 6.01. The molecule has 18 heavy (non-hydrogen) atoms. The van der Waals surface area contributed by atoms with Crippen LogP contribution in [0.25, 0.3) is 0 Å². The van der Waals surface area contributed by atoms with Crippen LogP contribution < -0.4 is 5.32 Å². The fourth-order valence-electron chi connectivity index (χ4n) is 2.54. The normalized spacial score (nSPS) is 23.7. The van der Waals surface area contributed by atoms with E-state index in [9.17, 15) is 9.90 Å². The summed E-state index contributed by atoms with van der Waals surface area (Å²) in [5.74, 6) is 0.170. The second-order valence-electron chi connectivity index (χ2n) is 5.19. The maximum atomic E-state index is 12.0. The van der Waals surface area contributed by atoms with E-state index in [2.05, 4.69) is 5.32 Å². The highest BCUT2D eigenvalue weighted by molar-refractivity contribution is 5.94. The first kappa shape index (κ1) is 13.1. The van der Waals surface area contributed by atoms with Crippen molar-refractivity contribution in [2.45, 2.75) is 38.7 Å². The van der Waals surface area contributed by atoms with E-state index in [4.69, 9.17) is 0 Å². The Kier molecular flexibility index (Phi) is 4.37. The number of hydrogen-bond acceptors (Lipinski definition) is 2. The van der Waals surface area contributed by atoms with Gasteiger partial charge in [-0.3, -0.25) is 4.79 Å². The van der Waals surface area contributed by atoms with E-state index in [-0.39, 0.29) is 17.9 Å². The van der Waals surface area contributed by atoms with Crippen LogP contribution in [0.2, 0.25) is 0 Å². The van der Waals surface area contributed by atoms with Crippen LogP contribution in [0.4, 0.5) is 0 Å². The monoisotopic (exact) mass is 247 g/mol. The minimum absolute atomic E-state index is 0.0449. The number of amides is 1. The molecular weight excluding hydrogens is 226 g/mol. The molecule has 1 saturated carbocycles. The highest BCUT2D eigenvalue weighted by Gasteiger charge is 2.23. The zero-order valence-electron chi connectivity index (χ0n) is 10.9. The summed E-state index contributed by atoms with van der Waals surface area (Å²) in [5.41, 5.74) is 1.78. The molecule has 2 atom stereocenters. The first-order chi connectivity index (χ1) is 8.66. The molecule has 0 aromatic heterocycles. The Labute approximate surface area is 108 Å². The zero-order valence-corrected chi connectivity index (χ0v) is 10.9. The molecular formula is C15H21NO2. The van der Waals surface area contributed by atoms with Crippen molar-refractivity contribution in [3.05, 3.63) is 35.4 Å². The van der Waals surface area contributed by atoms with Gasteiger partial charge in [-0.2, -0.15) is 0 Å². The first-order valence-corrected chi connectivity index (χ1v) is 6.70. The number of benzene rings is 1. The average molecular weight is 247 g/mol. The topological polar surface area (TPSA) is 49.3 Å². The van der Waals surface area contributed by atoms with E-state index < -0.39 is 0 Å². The van der Waals surface area contributed by atoms with Crippen LogP contribution >= 0.6 is 0 Å². The van der Waals surface area contributed by atoms with Crippen LogP contribution in [0.1, 0.15) is 41.6 Å². The lowest BCUT2D eigenvalue weighted by Gasteiger charge is -2.27. The van der Waals surface area contributed by atoms with Crippen molar-refractivity contribution in [1.29, 1.82) is 0 Å². The van der Waals surface area contributed by atoms with E-state index in [1.807, 2.05) is 31.2 Å². The van der Waals surface area contributed by atoms with E-state index in [0.717, 1.165) is 31.2 Å². The van der Waals surface area contributed by atoms with Gasteiger partial charge in [-0.15, -0.1) is 0 Å². The number of rotatable bonds is 3. The minimum atomic E-state index is -0.253. The molecule has 1 aromatic rings. The summed E-state index contributed by atoms with van der Waals surface area (Å²) in [6, 6.07) is 7.56. The van der Waals surface area contributed by atoms with Crippen LogP contribution in [0.15, 0.2) is 24.3 Å². The molecule has 2 N–H and O–H groups in total. The summed E-state index contributed by atoms with van der Waals surface area (Å²) in [7, 11) is 0. The highest BCUT2D eigenvalue weighted by atomic mass is 16.3. The molecule has 98 valence electrons. The van der Waals surface area contributed by atoms with Crippen molar-refractivity contribution in [2.24, 2.45) is 5.92 Å². The number of carbonyl (C=O) groups excluding carboxylic acids is 1. The Bertz CT molecular complexity index is 417. The molecule has 0 saturated heterocycles. The number of aryl methyl sites for hydroxylation is 1. The highest BCUT2D eigenvalue weighted by Crippen LogP contribution is 2.23. The Balaban J connectivity index is 1.88. The second-order valence-corrected chi connectivity index (χ2v) is 5.19. The number of hydrogen-bond donors (Lipinski definition) is 2. The van der Waals surface area contributed by atoms with Crippen molar-refractivity contribution in [2.75, 3.05) is 6.54 Å². The third kappa shape index (κ3) is 3.33. The van der Waals surface area contributed by atoms with E-state index in [1.54, 1.807) is 0 Å². The Morgan fingerprint density at radius 2 is 2.17 bits per heavy atom. The number of nitrogens with one attached hydrogen (secondary N) is 1. The molecule has 1 aliphatic carbocycles. The molecule has 2 unspecified atom stereocenters. The molecule has 3 heteroatoms. The number of aliphatic hydroxyl groups excluding tert-OH is 1. The smallest absolute Gasteiger partial charge is 0.251 e. The van der Waals surface area contributed by atoms with Gasteiger partial charge in [0.2, 0.25) is 0 Å². The van der Waals surface area contributed by atoms with Gasteiger partial charge >= 0.3 is 0 Å². The third-order valence-corrected chi connectivity index (χ3v) is 3.67. The summed E-state index contributed by atoms with van der Waals surface area (Å²) in [6.07, 6.45) is 3.88. The zero-order chi connectivity index (χ0) is 13.0. The van der Waals surface area contributed by atoms with Crippen LogP contribution in [0.5, 0.6) is 0 Å². The van der Waals surface area contributed by atoms with Gasteiger partial charge in [0.15, 0.2) is 0 Å². The van der Waals surface area contributed by atoms with Crippen molar-refractivity contribution >= 4 is 5.91 Å². The molecule has 2 rings (SSSR count). The molecule has 1 fully saturated rings. The largest absolute Gasteiger partial charge is 0.393 e. The maximum absolute atomic E-state index is 12.0. The van der Waals surface area contributed by atoms with E-state index in [1.165, 1.54) is 0 Å².